The van der Waals surface area contributed by atoms with Crippen molar-refractivity contribution in [1.29, 1.82) is 0 Å². The van der Waals surface area contributed by atoms with Gasteiger partial charge in [0.15, 0.2) is 0 Å². The summed E-state index contributed by atoms with van der Waals surface area (Å²) in [4.78, 5) is 26.6. The average molecular weight is 286 g/mol. The first-order valence-electron chi connectivity index (χ1n) is 7.31. The number of carboxylic acids is 1. The maximum absolute atomic E-state index is 12.4. The van der Waals surface area contributed by atoms with Gasteiger partial charge in [-0.25, -0.2) is 4.79 Å². The van der Waals surface area contributed by atoms with Gasteiger partial charge in [0, 0.05) is 26.2 Å². The minimum Gasteiger partial charge on any atom is -0.481 e. The van der Waals surface area contributed by atoms with E-state index in [1.54, 1.807) is 23.6 Å². The summed E-state index contributed by atoms with van der Waals surface area (Å²) in [5.74, 6) is -1.19. The van der Waals surface area contributed by atoms with Crippen LogP contribution in [0.15, 0.2) is 0 Å². The van der Waals surface area contributed by atoms with E-state index in [1.807, 2.05) is 6.92 Å². The molecule has 0 bridgehead atoms. The van der Waals surface area contributed by atoms with Crippen molar-refractivity contribution in [1.82, 2.24) is 9.80 Å². The third kappa shape index (κ3) is 4.37. The molecular formula is C14H26N2O4. The number of aliphatic carboxylic acids is 1. The van der Waals surface area contributed by atoms with Crippen LogP contribution >= 0.6 is 0 Å². The Bertz CT molecular complexity index is 338. The highest BCUT2D eigenvalue weighted by Gasteiger charge is 2.28. The molecule has 0 aromatic heterocycles. The zero-order valence-electron chi connectivity index (χ0n) is 12.6. The number of carbonyl (C=O) groups is 2. The number of aliphatic hydroxyl groups excluding tert-OH is 1. The van der Waals surface area contributed by atoms with Crippen LogP contribution in [0.25, 0.3) is 0 Å². The van der Waals surface area contributed by atoms with Gasteiger partial charge in [-0.15, -0.1) is 0 Å². The normalized spacial score (nSPS) is 19.5. The molecule has 0 radical (unpaired) electrons. The summed E-state index contributed by atoms with van der Waals surface area (Å²) in [6, 6.07) is -0.0929. The summed E-state index contributed by atoms with van der Waals surface area (Å²) in [6.07, 6.45) is 1.27. The number of hydrogen-bond acceptors (Lipinski definition) is 3. The van der Waals surface area contributed by atoms with Crippen molar-refractivity contribution in [2.24, 2.45) is 11.8 Å². The Hall–Kier alpha value is -1.30. The third-order valence-electron chi connectivity index (χ3n) is 4.06. The molecule has 2 atom stereocenters. The second kappa shape index (κ2) is 7.47. The standard InChI is InChI=1S/C14H26N2O4/c1-4-15(9-10(2)13(18)19)14(20)16-7-5-12(6-8-16)11(3)17/h10-12,17H,4-9H2,1-3H3,(H,18,19). The molecule has 116 valence electrons. The van der Waals surface area contributed by atoms with Crippen LogP contribution in [0.2, 0.25) is 0 Å². The number of nitrogens with zero attached hydrogens (tertiary/aromatic N) is 2. The molecule has 20 heavy (non-hydrogen) atoms. The smallest absolute Gasteiger partial charge is 0.320 e. The molecule has 1 rings (SSSR count). The van der Waals surface area contributed by atoms with Crippen LogP contribution < -0.4 is 0 Å². The summed E-state index contributed by atoms with van der Waals surface area (Å²) in [6.45, 7) is 7.26. The maximum atomic E-state index is 12.4. The van der Waals surface area contributed by atoms with E-state index in [1.165, 1.54) is 0 Å². The Labute approximate surface area is 120 Å². The van der Waals surface area contributed by atoms with Gasteiger partial charge in [-0.05, 0) is 32.6 Å². The van der Waals surface area contributed by atoms with Crippen molar-refractivity contribution >= 4 is 12.0 Å². The number of urea groups is 1. The monoisotopic (exact) mass is 286 g/mol. The molecule has 0 aromatic rings. The fourth-order valence-corrected chi connectivity index (χ4v) is 2.52. The molecule has 1 fully saturated rings. The predicted molar refractivity (Wildman–Crippen MR) is 75.4 cm³/mol. The molecule has 2 unspecified atom stereocenters. The van der Waals surface area contributed by atoms with Crippen LogP contribution in [0.4, 0.5) is 4.79 Å². The first-order valence-corrected chi connectivity index (χ1v) is 7.31. The molecule has 6 heteroatoms. The van der Waals surface area contributed by atoms with Gasteiger partial charge in [0.05, 0.1) is 12.0 Å². The molecule has 0 saturated carbocycles. The largest absolute Gasteiger partial charge is 0.481 e. The van der Waals surface area contributed by atoms with E-state index in [0.29, 0.717) is 19.6 Å². The Balaban J connectivity index is 2.53. The zero-order chi connectivity index (χ0) is 15.3. The number of piperidine rings is 1. The fraction of sp³-hybridized carbons (Fsp3) is 0.857. The lowest BCUT2D eigenvalue weighted by molar-refractivity contribution is -0.141. The number of aliphatic hydroxyl groups is 1. The lowest BCUT2D eigenvalue weighted by Crippen LogP contribution is -2.49. The highest BCUT2D eigenvalue weighted by Crippen LogP contribution is 2.21. The molecule has 1 aliphatic heterocycles. The molecule has 0 spiro atoms. The van der Waals surface area contributed by atoms with E-state index in [-0.39, 0.29) is 24.6 Å². The maximum Gasteiger partial charge on any atom is 0.320 e. The number of rotatable bonds is 5. The molecule has 1 saturated heterocycles. The van der Waals surface area contributed by atoms with Gasteiger partial charge in [0.2, 0.25) is 0 Å². The SMILES string of the molecule is CCN(CC(C)C(=O)O)C(=O)N1CCC(C(C)O)CC1. The van der Waals surface area contributed by atoms with Crippen LogP contribution in [0.1, 0.15) is 33.6 Å². The van der Waals surface area contributed by atoms with Gasteiger partial charge in [-0.3, -0.25) is 4.79 Å². The molecule has 2 amide bonds. The highest BCUT2D eigenvalue weighted by molar-refractivity contribution is 5.76. The fourth-order valence-electron chi connectivity index (χ4n) is 2.52. The number of carbonyl (C=O) groups excluding carboxylic acids is 1. The number of hydrogen-bond donors (Lipinski definition) is 2. The van der Waals surface area contributed by atoms with Crippen molar-refractivity contribution in [3.05, 3.63) is 0 Å². The molecule has 0 aliphatic carbocycles. The lowest BCUT2D eigenvalue weighted by atomic mass is 9.92. The van der Waals surface area contributed by atoms with E-state index >= 15 is 0 Å². The Morgan fingerprint density at radius 2 is 1.85 bits per heavy atom. The minimum absolute atomic E-state index is 0.0929. The van der Waals surface area contributed by atoms with Crippen molar-refractivity contribution < 1.29 is 19.8 Å². The van der Waals surface area contributed by atoms with Crippen LogP contribution in [0, 0.1) is 11.8 Å². The third-order valence-corrected chi connectivity index (χ3v) is 4.06. The average Bonchev–Trinajstić information content (AvgIpc) is 2.43. The Morgan fingerprint density at radius 1 is 1.30 bits per heavy atom. The molecule has 2 N–H and O–H groups in total. The van der Waals surface area contributed by atoms with Gasteiger partial charge in [-0.1, -0.05) is 6.92 Å². The van der Waals surface area contributed by atoms with E-state index in [0.717, 1.165) is 12.8 Å². The van der Waals surface area contributed by atoms with E-state index in [2.05, 4.69) is 0 Å². The van der Waals surface area contributed by atoms with Gasteiger partial charge >= 0.3 is 12.0 Å². The van der Waals surface area contributed by atoms with Crippen molar-refractivity contribution in [2.75, 3.05) is 26.2 Å². The second-order valence-corrected chi connectivity index (χ2v) is 5.63. The van der Waals surface area contributed by atoms with E-state index in [9.17, 15) is 14.7 Å². The van der Waals surface area contributed by atoms with Gasteiger partial charge < -0.3 is 20.0 Å². The summed E-state index contributed by atoms with van der Waals surface area (Å²) in [5.41, 5.74) is 0. The molecule has 6 nitrogen and oxygen atoms in total. The summed E-state index contributed by atoms with van der Waals surface area (Å²) >= 11 is 0. The van der Waals surface area contributed by atoms with Crippen molar-refractivity contribution in [2.45, 2.75) is 39.7 Å². The molecule has 1 heterocycles. The van der Waals surface area contributed by atoms with Crippen LogP contribution in [0.3, 0.4) is 0 Å². The molecule has 0 aromatic carbocycles. The minimum atomic E-state index is -0.885. The van der Waals surface area contributed by atoms with Gasteiger partial charge in [0.25, 0.3) is 0 Å². The summed E-state index contributed by atoms with van der Waals surface area (Å²) in [5, 5.41) is 18.5. The van der Waals surface area contributed by atoms with Crippen molar-refractivity contribution in [3.63, 3.8) is 0 Å². The second-order valence-electron chi connectivity index (χ2n) is 5.63. The Morgan fingerprint density at radius 3 is 2.25 bits per heavy atom. The number of carboxylic acid groups (broad SMARTS) is 1. The summed E-state index contributed by atoms with van der Waals surface area (Å²) < 4.78 is 0. The molecular weight excluding hydrogens is 260 g/mol. The summed E-state index contributed by atoms with van der Waals surface area (Å²) in [7, 11) is 0. The van der Waals surface area contributed by atoms with Gasteiger partial charge in [0.1, 0.15) is 0 Å². The van der Waals surface area contributed by atoms with E-state index < -0.39 is 11.9 Å². The van der Waals surface area contributed by atoms with Crippen LogP contribution in [-0.4, -0.2) is 64.3 Å². The quantitative estimate of drug-likeness (QED) is 0.797. The highest BCUT2D eigenvalue weighted by atomic mass is 16.4. The lowest BCUT2D eigenvalue weighted by Gasteiger charge is -2.36. The first-order chi connectivity index (χ1) is 9.36. The van der Waals surface area contributed by atoms with E-state index in [4.69, 9.17) is 5.11 Å². The van der Waals surface area contributed by atoms with Gasteiger partial charge in [-0.2, -0.15) is 0 Å². The predicted octanol–water partition coefficient (Wildman–Crippen LogP) is 1.24. The van der Waals surface area contributed by atoms with Crippen LogP contribution in [0.5, 0.6) is 0 Å². The Kier molecular flexibility index (Phi) is 6.26. The number of amides is 2. The first kappa shape index (κ1) is 16.8. The van der Waals surface area contributed by atoms with Crippen molar-refractivity contribution in [3.8, 4) is 0 Å². The molecule has 1 aliphatic rings. The zero-order valence-corrected chi connectivity index (χ0v) is 12.6. The topological polar surface area (TPSA) is 81.1 Å². The van der Waals surface area contributed by atoms with Crippen LogP contribution in [-0.2, 0) is 4.79 Å². The number of likely N-dealkylation sites (tertiary alicyclic amines) is 1.